The van der Waals surface area contributed by atoms with Crippen LogP contribution in [0.4, 0.5) is 0 Å². The second-order valence-electron chi connectivity index (χ2n) is 6.16. The van der Waals surface area contributed by atoms with Crippen molar-refractivity contribution in [2.24, 2.45) is 0 Å². The minimum Gasteiger partial charge on any atom is -0.390 e. The number of aliphatic hydroxyl groups excluding tert-OH is 1. The largest absolute Gasteiger partial charge is 0.390 e. The van der Waals surface area contributed by atoms with Crippen molar-refractivity contribution in [3.05, 3.63) is 36.3 Å². The molecule has 1 aliphatic heterocycles. The van der Waals surface area contributed by atoms with Gasteiger partial charge in [-0.1, -0.05) is 6.42 Å². The second kappa shape index (κ2) is 8.19. The molecule has 124 valence electrons. The van der Waals surface area contributed by atoms with Crippen molar-refractivity contribution >= 4 is 0 Å². The highest BCUT2D eigenvalue weighted by atomic mass is 16.3. The molecule has 2 aromatic rings. The van der Waals surface area contributed by atoms with Crippen LogP contribution in [0.1, 0.15) is 24.8 Å². The molecule has 1 fully saturated rings. The topological polar surface area (TPSA) is 77.1 Å². The molecule has 0 aromatic carbocycles. The summed E-state index contributed by atoms with van der Waals surface area (Å²) in [4.78, 5) is 6.50. The van der Waals surface area contributed by atoms with Crippen LogP contribution in [0.2, 0.25) is 0 Å². The van der Waals surface area contributed by atoms with Crippen LogP contribution in [-0.2, 0) is 6.54 Å². The van der Waals surface area contributed by atoms with Gasteiger partial charge in [-0.15, -0.1) is 0 Å². The van der Waals surface area contributed by atoms with E-state index in [4.69, 9.17) is 0 Å². The molecule has 0 aliphatic carbocycles. The summed E-state index contributed by atoms with van der Waals surface area (Å²) in [6.45, 7) is 4.26. The number of H-pyrrole nitrogens is 1. The summed E-state index contributed by atoms with van der Waals surface area (Å²) >= 11 is 0. The lowest BCUT2D eigenvalue weighted by Gasteiger charge is -2.28. The summed E-state index contributed by atoms with van der Waals surface area (Å²) in [6.07, 6.45) is 8.90. The molecule has 0 bridgehead atoms. The highest BCUT2D eigenvalue weighted by Gasteiger charge is 2.14. The number of aliphatic hydroxyl groups is 1. The Labute approximate surface area is 136 Å². The summed E-state index contributed by atoms with van der Waals surface area (Å²) in [6, 6.07) is 3.92. The van der Waals surface area contributed by atoms with E-state index in [2.05, 4.69) is 25.4 Å². The molecule has 3 rings (SSSR count). The van der Waals surface area contributed by atoms with Crippen molar-refractivity contribution in [2.45, 2.75) is 31.9 Å². The Bertz CT molecular complexity index is 580. The standard InChI is InChI=1S/C17H25N5O/c23-16(13-22-7-2-1-3-8-22)12-19-10-15-11-20-21-17(15)14-5-4-6-18-9-14/h4-6,9,11,16,19,23H,1-3,7-8,10,12-13H2,(H,20,21). The predicted octanol–water partition coefficient (Wildman–Crippen LogP) is 1.41. The lowest BCUT2D eigenvalue weighted by molar-refractivity contribution is 0.1000. The van der Waals surface area contributed by atoms with Gasteiger partial charge in [0.1, 0.15) is 0 Å². The van der Waals surface area contributed by atoms with Crippen molar-refractivity contribution in [1.29, 1.82) is 0 Å². The van der Waals surface area contributed by atoms with Crippen LogP contribution in [0.3, 0.4) is 0 Å². The van der Waals surface area contributed by atoms with Crippen LogP contribution < -0.4 is 5.32 Å². The number of pyridine rings is 1. The fourth-order valence-corrected chi connectivity index (χ4v) is 3.08. The highest BCUT2D eigenvalue weighted by Crippen LogP contribution is 2.19. The molecule has 1 saturated heterocycles. The number of nitrogens with zero attached hydrogens (tertiary/aromatic N) is 3. The van der Waals surface area contributed by atoms with Crippen molar-refractivity contribution in [1.82, 2.24) is 25.4 Å². The minimum absolute atomic E-state index is 0.332. The molecule has 23 heavy (non-hydrogen) atoms. The maximum atomic E-state index is 10.2. The van der Waals surface area contributed by atoms with E-state index in [0.29, 0.717) is 13.1 Å². The molecule has 1 aliphatic rings. The van der Waals surface area contributed by atoms with Gasteiger partial charge in [0.2, 0.25) is 0 Å². The van der Waals surface area contributed by atoms with E-state index < -0.39 is 0 Å². The number of piperidine rings is 1. The Morgan fingerprint density at radius 1 is 1.26 bits per heavy atom. The Hall–Kier alpha value is -1.76. The first-order valence-corrected chi connectivity index (χ1v) is 8.36. The zero-order valence-electron chi connectivity index (χ0n) is 13.4. The van der Waals surface area contributed by atoms with E-state index in [9.17, 15) is 5.11 Å². The zero-order valence-corrected chi connectivity index (χ0v) is 13.4. The molecular weight excluding hydrogens is 290 g/mol. The third-order valence-electron chi connectivity index (χ3n) is 4.28. The van der Waals surface area contributed by atoms with Crippen LogP contribution >= 0.6 is 0 Å². The molecule has 2 aromatic heterocycles. The van der Waals surface area contributed by atoms with Crippen LogP contribution in [0, 0.1) is 0 Å². The quantitative estimate of drug-likeness (QED) is 0.720. The van der Waals surface area contributed by atoms with E-state index in [0.717, 1.165) is 36.5 Å². The van der Waals surface area contributed by atoms with E-state index in [1.165, 1.54) is 19.3 Å². The van der Waals surface area contributed by atoms with Crippen LogP contribution in [0.25, 0.3) is 11.3 Å². The molecule has 1 atom stereocenters. The van der Waals surface area contributed by atoms with E-state index in [-0.39, 0.29) is 6.10 Å². The smallest absolute Gasteiger partial charge is 0.0791 e. The molecule has 0 amide bonds. The number of nitrogens with one attached hydrogen (secondary N) is 2. The lowest BCUT2D eigenvalue weighted by atomic mass is 10.1. The fraction of sp³-hybridized carbons (Fsp3) is 0.529. The first-order chi connectivity index (χ1) is 11.3. The van der Waals surface area contributed by atoms with E-state index in [1.807, 2.05) is 24.5 Å². The first kappa shape index (κ1) is 16.1. The van der Waals surface area contributed by atoms with Gasteiger partial charge in [-0.25, -0.2) is 0 Å². The minimum atomic E-state index is -0.332. The summed E-state index contributed by atoms with van der Waals surface area (Å²) in [5.41, 5.74) is 3.09. The average molecular weight is 315 g/mol. The molecule has 6 nitrogen and oxygen atoms in total. The van der Waals surface area contributed by atoms with Crippen molar-refractivity contribution in [2.75, 3.05) is 26.2 Å². The maximum absolute atomic E-state index is 10.2. The maximum Gasteiger partial charge on any atom is 0.0791 e. The third-order valence-corrected chi connectivity index (χ3v) is 4.28. The molecule has 1 unspecified atom stereocenters. The average Bonchev–Trinajstić information content (AvgIpc) is 3.05. The number of aromatic nitrogens is 3. The molecule has 6 heteroatoms. The van der Waals surface area contributed by atoms with Gasteiger partial charge in [-0.2, -0.15) is 5.10 Å². The number of rotatable bonds is 7. The highest BCUT2D eigenvalue weighted by molar-refractivity contribution is 5.61. The number of hydrogen-bond acceptors (Lipinski definition) is 5. The van der Waals surface area contributed by atoms with Gasteiger partial charge >= 0.3 is 0 Å². The molecule has 0 radical (unpaired) electrons. The van der Waals surface area contributed by atoms with Crippen LogP contribution in [-0.4, -0.2) is 57.5 Å². The van der Waals surface area contributed by atoms with Crippen LogP contribution in [0.15, 0.2) is 30.7 Å². The number of likely N-dealkylation sites (tertiary alicyclic amines) is 1. The first-order valence-electron chi connectivity index (χ1n) is 8.36. The summed E-state index contributed by atoms with van der Waals surface area (Å²) in [7, 11) is 0. The Balaban J connectivity index is 1.46. The Kier molecular flexibility index (Phi) is 5.74. The van der Waals surface area contributed by atoms with Gasteiger partial charge in [0, 0.05) is 43.2 Å². The monoisotopic (exact) mass is 315 g/mol. The summed E-state index contributed by atoms with van der Waals surface area (Å²) < 4.78 is 0. The van der Waals surface area contributed by atoms with Gasteiger partial charge in [-0.05, 0) is 38.1 Å². The van der Waals surface area contributed by atoms with Crippen molar-refractivity contribution < 1.29 is 5.11 Å². The molecule has 3 heterocycles. The van der Waals surface area contributed by atoms with Gasteiger partial charge < -0.3 is 15.3 Å². The van der Waals surface area contributed by atoms with Crippen molar-refractivity contribution in [3.63, 3.8) is 0 Å². The van der Waals surface area contributed by atoms with Gasteiger partial charge in [0.25, 0.3) is 0 Å². The summed E-state index contributed by atoms with van der Waals surface area (Å²) in [5, 5.41) is 20.7. The number of aromatic amines is 1. The SMILES string of the molecule is OC(CNCc1cn[nH]c1-c1cccnc1)CN1CCCCC1. The van der Waals surface area contributed by atoms with Gasteiger partial charge in [0.15, 0.2) is 0 Å². The van der Waals surface area contributed by atoms with Crippen LogP contribution in [0.5, 0.6) is 0 Å². The Morgan fingerprint density at radius 3 is 2.91 bits per heavy atom. The number of hydrogen-bond donors (Lipinski definition) is 3. The van der Waals surface area contributed by atoms with Crippen molar-refractivity contribution in [3.8, 4) is 11.3 Å². The molecular formula is C17H25N5O. The predicted molar refractivity (Wildman–Crippen MR) is 89.8 cm³/mol. The number of β-amino-alcohol motifs (C(OH)–C–C–N with tert-alkyl or cyclic N) is 1. The zero-order chi connectivity index (χ0) is 15.9. The second-order valence-corrected chi connectivity index (χ2v) is 6.16. The van der Waals surface area contributed by atoms with Gasteiger partial charge in [-0.3, -0.25) is 10.1 Å². The lowest BCUT2D eigenvalue weighted by Crippen LogP contribution is -2.40. The normalized spacial score (nSPS) is 17.3. The molecule has 0 spiro atoms. The van der Waals surface area contributed by atoms with E-state index in [1.54, 1.807) is 6.20 Å². The fourth-order valence-electron chi connectivity index (χ4n) is 3.08. The Morgan fingerprint density at radius 2 is 2.13 bits per heavy atom. The third kappa shape index (κ3) is 4.60. The summed E-state index contributed by atoms with van der Waals surface area (Å²) in [5.74, 6) is 0. The molecule has 3 N–H and O–H groups in total. The van der Waals surface area contributed by atoms with Gasteiger partial charge in [0.05, 0.1) is 18.0 Å². The van der Waals surface area contributed by atoms with E-state index >= 15 is 0 Å². The molecule has 0 saturated carbocycles.